The zero-order valence-electron chi connectivity index (χ0n) is 16.6. The van der Waals surface area contributed by atoms with Crippen molar-refractivity contribution in [2.45, 2.75) is 37.9 Å². The number of nitrogens with zero attached hydrogens (tertiary/aromatic N) is 3. The van der Waals surface area contributed by atoms with Crippen LogP contribution in [0.25, 0.3) is 17.1 Å². The largest absolute Gasteiger partial charge is 0.494 e. The first-order chi connectivity index (χ1) is 14.1. The summed E-state index contributed by atoms with van der Waals surface area (Å²) in [6.07, 6.45) is 2.16. The number of thioether (sulfide) groups is 1. The molecule has 0 radical (unpaired) electrons. The van der Waals surface area contributed by atoms with Gasteiger partial charge in [-0.3, -0.25) is 9.36 Å². The van der Waals surface area contributed by atoms with Crippen LogP contribution in [0.4, 0.5) is 0 Å². The average molecular weight is 409 g/mol. The second kappa shape index (κ2) is 8.69. The van der Waals surface area contributed by atoms with Crippen LogP contribution in [0.15, 0.2) is 53.7 Å². The van der Waals surface area contributed by atoms with E-state index in [1.54, 1.807) is 0 Å². The van der Waals surface area contributed by atoms with Crippen molar-refractivity contribution < 1.29 is 9.53 Å². The number of carbonyl (C=O) groups is 1. The molecule has 0 saturated heterocycles. The monoisotopic (exact) mass is 408 g/mol. The van der Waals surface area contributed by atoms with Crippen molar-refractivity contribution in [1.29, 1.82) is 0 Å². The predicted octanol–water partition coefficient (Wildman–Crippen LogP) is 4.01. The van der Waals surface area contributed by atoms with Crippen LogP contribution in [-0.2, 0) is 4.79 Å². The Hall–Kier alpha value is -2.80. The van der Waals surface area contributed by atoms with E-state index in [4.69, 9.17) is 4.74 Å². The molecule has 6 nitrogen and oxygen atoms in total. The minimum Gasteiger partial charge on any atom is -0.494 e. The van der Waals surface area contributed by atoms with Crippen LogP contribution in [0.1, 0.15) is 25.3 Å². The van der Waals surface area contributed by atoms with E-state index in [-0.39, 0.29) is 5.91 Å². The van der Waals surface area contributed by atoms with Gasteiger partial charge in [0.2, 0.25) is 5.91 Å². The van der Waals surface area contributed by atoms with E-state index in [0.717, 1.165) is 41.2 Å². The third-order valence-corrected chi connectivity index (χ3v) is 5.52. The van der Waals surface area contributed by atoms with E-state index >= 15 is 0 Å². The Kier molecular flexibility index (Phi) is 5.85. The highest BCUT2D eigenvalue weighted by molar-refractivity contribution is 7.99. The zero-order valence-corrected chi connectivity index (χ0v) is 17.4. The van der Waals surface area contributed by atoms with Crippen LogP contribution < -0.4 is 10.1 Å². The number of hydrogen-bond acceptors (Lipinski definition) is 5. The molecule has 150 valence electrons. The molecule has 0 spiro atoms. The number of nitrogens with one attached hydrogen (secondary N) is 1. The van der Waals surface area contributed by atoms with Crippen LogP contribution in [-0.4, -0.2) is 39.1 Å². The van der Waals surface area contributed by atoms with Crippen molar-refractivity contribution in [2.75, 3.05) is 12.4 Å². The highest BCUT2D eigenvalue weighted by Crippen LogP contribution is 2.29. The van der Waals surface area contributed by atoms with Gasteiger partial charge in [0.1, 0.15) is 5.75 Å². The van der Waals surface area contributed by atoms with Crippen molar-refractivity contribution in [3.63, 3.8) is 0 Å². The molecule has 3 aromatic rings. The first-order valence-electron chi connectivity index (χ1n) is 9.82. The second-order valence-electron chi connectivity index (χ2n) is 7.07. The van der Waals surface area contributed by atoms with Gasteiger partial charge in [0, 0.05) is 17.3 Å². The Morgan fingerprint density at radius 2 is 2.00 bits per heavy atom. The number of carbonyl (C=O) groups excluding carboxylic acids is 1. The molecule has 1 aliphatic carbocycles. The SMILES string of the molecule is CCOc1ccc(-n2c(SCC(=O)NC3CC3)nnc2-c2cccc(C)c2)cc1. The van der Waals surface area contributed by atoms with Crippen LogP contribution in [0, 0.1) is 6.92 Å². The molecule has 0 unspecified atom stereocenters. The number of benzene rings is 2. The lowest BCUT2D eigenvalue weighted by atomic mass is 10.1. The van der Waals surface area contributed by atoms with Gasteiger partial charge in [-0.2, -0.15) is 0 Å². The standard InChI is InChI=1S/C22H24N4O2S/c1-3-28-19-11-9-18(10-12-19)26-21(16-6-4-5-15(2)13-16)24-25-22(26)29-14-20(27)23-17-7-8-17/h4-6,9-13,17H,3,7-8,14H2,1-2H3,(H,23,27). The van der Waals surface area contributed by atoms with E-state index < -0.39 is 0 Å². The molecule has 1 fully saturated rings. The molecule has 0 atom stereocenters. The first-order valence-corrected chi connectivity index (χ1v) is 10.8. The summed E-state index contributed by atoms with van der Waals surface area (Å²) in [6.45, 7) is 4.64. The lowest BCUT2D eigenvalue weighted by Gasteiger charge is -2.12. The van der Waals surface area contributed by atoms with Gasteiger partial charge in [0.25, 0.3) is 0 Å². The van der Waals surface area contributed by atoms with Gasteiger partial charge < -0.3 is 10.1 Å². The van der Waals surface area contributed by atoms with Gasteiger partial charge in [-0.1, -0.05) is 35.5 Å². The highest BCUT2D eigenvalue weighted by Gasteiger charge is 2.24. The maximum atomic E-state index is 12.1. The quantitative estimate of drug-likeness (QED) is 0.570. The number of rotatable bonds is 8. The van der Waals surface area contributed by atoms with Crippen molar-refractivity contribution >= 4 is 17.7 Å². The van der Waals surface area contributed by atoms with E-state index in [9.17, 15) is 4.79 Å². The van der Waals surface area contributed by atoms with Crippen molar-refractivity contribution in [2.24, 2.45) is 0 Å². The Bertz CT molecular complexity index is 996. The number of ether oxygens (including phenoxy) is 1. The molecular weight excluding hydrogens is 384 g/mol. The smallest absolute Gasteiger partial charge is 0.230 e. The zero-order chi connectivity index (χ0) is 20.2. The summed E-state index contributed by atoms with van der Waals surface area (Å²) < 4.78 is 7.56. The second-order valence-corrected chi connectivity index (χ2v) is 8.01. The molecule has 1 aliphatic rings. The molecule has 7 heteroatoms. The summed E-state index contributed by atoms with van der Waals surface area (Å²) >= 11 is 1.40. The van der Waals surface area contributed by atoms with Gasteiger partial charge in [0.05, 0.1) is 12.4 Å². The van der Waals surface area contributed by atoms with E-state index in [1.807, 2.05) is 47.9 Å². The van der Waals surface area contributed by atoms with Gasteiger partial charge >= 0.3 is 0 Å². The van der Waals surface area contributed by atoms with Gasteiger partial charge in [0.15, 0.2) is 11.0 Å². The van der Waals surface area contributed by atoms with E-state index in [1.165, 1.54) is 11.8 Å². The molecule has 0 bridgehead atoms. The molecule has 1 N–H and O–H groups in total. The van der Waals surface area contributed by atoms with Crippen molar-refractivity contribution in [3.8, 4) is 22.8 Å². The molecule has 0 aliphatic heterocycles. The summed E-state index contributed by atoms with van der Waals surface area (Å²) in [5, 5.41) is 12.5. The Balaban J connectivity index is 1.66. The molecule has 2 aromatic carbocycles. The topological polar surface area (TPSA) is 69.0 Å². The van der Waals surface area contributed by atoms with E-state index in [0.29, 0.717) is 23.6 Å². The van der Waals surface area contributed by atoms with Crippen molar-refractivity contribution in [3.05, 3.63) is 54.1 Å². The Morgan fingerprint density at radius 1 is 1.21 bits per heavy atom. The minimum atomic E-state index is 0.0378. The molecule has 29 heavy (non-hydrogen) atoms. The predicted molar refractivity (Wildman–Crippen MR) is 115 cm³/mol. The molecule has 1 heterocycles. The third kappa shape index (κ3) is 4.79. The van der Waals surface area contributed by atoms with Crippen LogP contribution in [0.3, 0.4) is 0 Å². The summed E-state index contributed by atoms with van der Waals surface area (Å²) in [4.78, 5) is 12.1. The number of aromatic nitrogens is 3. The Labute approximate surface area is 174 Å². The maximum Gasteiger partial charge on any atom is 0.230 e. The van der Waals surface area contributed by atoms with E-state index in [2.05, 4.69) is 34.6 Å². The fourth-order valence-corrected chi connectivity index (χ4v) is 3.82. The van der Waals surface area contributed by atoms with Crippen molar-refractivity contribution in [1.82, 2.24) is 20.1 Å². The minimum absolute atomic E-state index is 0.0378. The summed E-state index contributed by atoms with van der Waals surface area (Å²) in [7, 11) is 0. The normalized spacial score (nSPS) is 13.3. The fourth-order valence-electron chi connectivity index (χ4n) is 3.05. The van der Waals surface area contributed by atoms with Crippen LogP contribution in [0.5, 0.6) is 5.75 Å². The fraction of sp³-hybridized carbons (Fsp3) is 0.318. The third-order valence-electron chi connectivity index (χ3n) is 4.59. The maximum absolute atomic E-state index is 12.1. The van der Waals surface area contributed by atoms with Gasteiger partial charge in [-0.15, -0.1) is 10.2 Å². The number of hydrogen-bond donors (Lipinski definition) is 1. The summed E-state index contributed by atoms with van der Waals surface area (Å²) in [6, 6.07) is 16.4. The number of aryl methyl sites for hydroxylation is 1. The lowest BCUT2D eigenvalue weighted by Crippen LogP contribution is -2.27. The highest BCUT2D eigenvalue weighted by atomic mass is 32.2. The number of amides is 1. The molecular formula is C22H24N4O2S. The molecule has 4 rings (SSSR count). The average Bonchev–Trinajstić information content (AvgIpc) is 3.43. The van der Waals surface area contributed by atoms with Gasteiger partial charge in [-0.25, -0.2) is 0 Å². The molecule has 1 amide bonds. The Morgan fingerprint density at radius 3 is 2.69 bits per heavy atom. The lowest BCUT2D eigenvalue weighted by molar-refractivity contribution is -0.118. The van der Waals surface area contributed by atoms with Crippen LogP contribution >= 0.6 is 11.8 Å². The van der Waals surface area contributed by atoms with Crippen LogP contribution in [0.2, 0.25) is 0 Å². The molecule has 1 saturated carbocycles. The first kappa shape index (κ1) is 19.5. The summed E-state index contributed by atoms with van der Waals surface area (Å²) in [5.74, 6) is 1.93. The summed E-state index contributed by atoms with van der Waals surface area (Å²) in [5.41, 5.74) is 3.07. The van der Waals surface area contributed by atoms with Gasteiger partial charge in [-0.05, 0) is 57.0 Å². The molecule has 1 aromatic heterocycles.